The van der Waals surface area contributed by atoms with Crippen molar-refractivity contribution in [1.82, 2.24) is 4.98 Å². The quantitative estimate of drug-likeness (QED) is 0.553. The number of para-hydroxylation sites is 1. The fourth-order valence-corrected chi connectivity index (χ4v) is 2.95. The highest BCUT2D eigenvalue weighted by Crippen LogP contribution is 2.21. The van der Waals surface area contributed by atoms with Gasteiger partial charge in [-0.1, -0.05) is 50.2 Å². The molecule has 0 fully saturated rings. The molecule has 0 aliphatic heterocycles. The highest BCUT2D eigenvalue weighted by molar-refractivity contribution is 6.04. The van der Waals surface area contributed by atoms with E-state index >= 15 is 0 Å². The molecule has 0 aliphatic rings. The second-order valence-electron chi connectivity index (χ2n) is 7.12. The first-order valence-corrected chi connectivity index (χ1v) is 9.72. The standard InChI is InChI=1S/C24H27N3O/c1-4-18(3)19-10-12-20(13-11-19)24(28)27-22-8-6-5-7-21(22)16-26-23-14-9-17(2)15-25-23/h5-15,18H,4,16H2,1-3H3,(H,25,26)(H,27,28). The van der Waals surface area contributed by atoms with Gasteiger partial charge in [0.15, 0.2) is 0 Å². The minimum absolute atomic E-state index is 0.100. The third-order valence-electron chi connectivity index (χ3n) is 4.99. The summed E-state index contributed by atoms with van der Waals surface area (Å²) in [7, 11) is 0. The van der Waals surface area contributed by atoms with Crippen molar-refractivity contribution >= 4 is 17.4 Å². The number of rotatable bonds is 7. The molecule has 144 valence electrons. The van der Waals surface area contributed by atoms with E-state index in [9.17, 15) is 4.79 Å². The zero-order valence-corrected chi connectivity index (χ0v) is 16.7. The normalized spacial score (nSPS) is 11.7. The van der Waals surface area contributed by atoms with Gasteiger partial charge in [-0.25, -0.2) is 4.98 Å². The number of benzene rings is 2. The Bertz CT molecular complexity index is 917. The van der Waals surface area contributed by atoms with E-state index in [2.05, 4.69) is 29.5 Å². The van der Waals surface area contributed by atoms with Gasteiger partial charge in [0, 0.05) is 24.0 Å². The molecule has 3 aromatic rings. The zero-order valence-electron chi connectivity index (χ0n) is 16.7. The van der Waals surface area contributed by atoms with E-state index in [4.69, 9.17) is 0 Å². The summed E-state index contributed by atoms with van der Waals surface area (Å²) in [5.41, 5.74) is 4.86. The van der Waals surface area contributed by atoms with Crippen LogP contribution in [-0.2, 0) is 6.54 Å². The van der Waals surface area contributed by atoms with Gasteiger partial charge in [-0.05, 0) is 60.2 Å². The van der Waals surface area contributed by atoms with Gasteiger partial charge in [0.05, 0.1) is 0 Å². The molecule has 2 N–H and O–H groups in total. The Balaban J connectivity index is 1.68. The van der Waals surface area contributed by atoms with E-state index in [0.29, 0.717) is 18.0 Å². The molecule has 4 heteroatoms. The van der Waals surface area contributed by atoms with Crippen LogP contribution in [0.3, 0.4) is 0 Å². The highest BCUT2D eigenvalue weighted by atomic mass is 16.1. The first-order valence-electron chi connectivity index (χ1n) is 9.72. The second-order valence-corrected chi connectivity index (χ2v) is 7.12. The summed E-state index contributed by atoms with van der Waals surface area (Å²) in [4.78, 5) is 17.0. The Hall–Kier alpha value is -3.14. The number of pyridine rings is 1. The number of hydrogen-bond donors (Lipinski definition) is 2. The lowest BCUT2D eigenvalue weighted by Crippen LogP contribution is -2.14. The first kappa shape index (κ1) is 19.6. The Morgan fingerprint density at radius 1 is 1.04 bits per heavy atom. The van der Waals surface area contributed by atoms with Crippen molar-refractivity contribution in [3.63, 3.8) is 0 Å². The summed E-state index contributed by atoms with van der Waals surface area (Å²) in [6.45, 7) is 6.96. The second kappa shape index (κ2) is 9.18. The molecular formula is C24H27N3O. The van der Waals surface area contributed by atoms with Crippen LogP contribution in [0.25, 0.3) is 0 Å². The lowest BCUT2D eigenvalue weighted by Gasteiger charge is -2.13. The monoisotopic (exact) mass is 373 g/mol. The average molecular weight is 374 g/mol. The van der Waals surface area contributed by atoms with E-state index in [1.54, 1.807) is 0 Å². The number of nitrogens with one attached hydrogen (secondary N) is 2. The number of aryl methyl sites for hydroxylation is 1. The van der Waals surface area contributed by atoms with Crippen LogP contribution in [0.2, 0.25) is 0 Å². The van der Waals surface area contributed by atoms with Crippen LogP contribution in [0.1, 0.15) is 53.2 Å². The van der Waals surface area contributed by atoms with Crippen molar-refractivity contribution in [2.45, 2.75) is 39.7 Å². The number of nitrogens with zero attached hydrogens (tertiary/aromatic N) is 1. The maximum atomic E-state index is 12.7. The number of anilines is 2. The number of amides is 1. The van der Waals surface area contributed by atoms with Crippen LogP contribution in [0, 0.1) is 6.92 Å². The van der Waals surface area contributed by atoms with Crippen molar-refractivity contribution in [2.75, 3.05) is 10.6 Å². The molecule has 1 aromatic heterocycles. The lowest BCUT2D eigenvalue weighted by molar-refractivity contribution is 0.102. The summed E-state index contributed by atoms with van der Waals surface area (Å²) < 4.78 is 0. The summed E-state index contributed by atoms with van der Waals surface area (Å²) in [5, 5.41) is 6.34. The van der Waals surface area contributed by atoms with Crippen LogP contribution in [-0.4, -0.2) is 10.9 Å². The maximum absolute atomic E-state index is 12.7. The average Bonchev–Trinajstić information content (AvgIpc) is 2.73. The SMILES string of the molecule is CCC(C)c1ccc(C(=O)Nc2ccccc2CNc2ccc(C)cn2)cc1. The van der Waals surface area contributed by atoms with E-state index in [1.165, 1.54) is 5.56 Å². The van der Waals surface area contributed by atoms with E-state index in [-0.39, 0.29) is 5.91 Å². The minimum Gasteiger partial charge on any atom is -0.366 e. The smallest absolute Gasteiger partial charge is 0.255 e. The van der Waals surface area contributed by atoms with Crippen LogP contribution < -0.4 is 10.6 Å². The van der Waals surface area contributed by atoms with Gasteiger partial charge in [0.2, 0.25) is 0 Å². The van der Waals surface area contributed by atoms with Gasteiger partial charge in [0.1, 0.15) is 5.82 Å². The topological polar surface area (TPSA) is 54.0 Å². The van der Waals surface area contributed by atoms with Crippen molar-refractivity contribution in [2.24, 2.45) is 0 Å². The molecule has 0 aliphatic carbocycles. The lowest BCUT2D eigenvalue weighted by atomic mass is 9.97. The molecule has 1 amide bonds. The fraction of sp³-hybridized carbons (Fsp3) is 0.250. The fourth-order valence-electron chi connectivity index (χ4n) is 2.95. The van der Waals surface area contributed by atoms with Gasteiger partial charge in [-0.3, -0.25) is 4.79 Å². The van der Waals surface area contributed by atoms with E-state index in [1.807, 2.05) is 73.8 Å². The molecule has 2 aromatic carbocycles. The first-order chi connectivity index (χ1) is 13.6. The predicted molar refractivity (Wildman–Crippen MR) is 116 cm³/mol. The molecule has 0 saturated carbocycles. The number of aromatic nitrogens is 1. The maximum Gasteiger partial charge on any atom is 0.255 e. The third-order valence-corrected chi connectivity index (χ3v) is 4.99. The van der Waals surface area contributed by atoms with Crippen molar-refractivity contribution in [3.05, 3.63) is 89.1 Å². The van der Waals surface area contributed by atoms with Gasteiger partial charge in [-0.15, -0.1) is 0 Å². The van der Waals surface area contributed by atoms with Crippen LogP contribution >= 0.6 is 0 Å². The molecule has 1 heterocycles. The highest BCUT2D eigenvalue weighted by Gasteiger charge is 2.10. The van der Waals surface area contributed by atoms with Crippen LogP contribution in [0.4, 0.5) is 11.5 Å². The molecule has 0 spiro atoms. The summed E-state index contributed by atoms with van der Waals surface area (Å²) in [5.74, 6) is 1.21. The summed E-state index contributed by atoms with van der Waals surface area (Å²) in [6.07, 6.45) is 2.92. The molecule has 0 radical (unpaired) electrons. The van der Waals surface area contributed by atoms with Crippen LogP contribution in [0.5, 0.6) is 0 Å². The third kappa shape index (κ3) is 4.97. The molecule has 0 saturated heterocycles. The molecule has 3 rings (SSSR count). The Labute approximate surface area is 167 Å². The Kier molecular flexibility index (Phi) is 6.43. The summed E-state index contributed by atoms with van der Waals surface area (Å²) >= 11 is 0. The van der Waals surface area contributed by atoms with Gasteiger partial charge in [0.25, 0.3) is 5.91 Å². The number of carbonyl (C=O) groups excluding carboxylic acids is 1. The summed E-state index contributed by atoms with van der Waals surface area (Å²) in [6, 6.07) is 19.7. The largest absolute Gasteiger partial charge is 0.366 e. The number of carbonyl (C=O) groups is 1. The van der Waals surface area contributed by atoms with Crippen LogP contribution in [0.15, 0.2) is 66.9 Å². The van der Waals surface area contributed by atoms with Crippen molar-refractivity contribution < 1.29 is 4.79 Å². The van der Waals surface area contributed by atoms with E-state index in [0.717, 1.165) is 29.1 Å². The van der Waals surface area contributed by atoms with Crippen molar-refractivity contribution in [1.29, 1.82) is 0 Å². The number of hydrogen-bond acceptors (Lipinski definition) is 3. The molecule has 4 nitrogen and oxygen atoms in total. The molecule has 0 bridgehead atoms. The molecule has 1 atom stereocenters. The van der Waals surface area contributed by atoms with Gasteiger partial charge < -0.3 is 10.6 Å². The Morgan fingerprint density at radius 2 is 1.79 bits per heavy atom. The molecule has 1 unspecified atom stereocenters. The van der Waals surface area contributed by atoms with Gasteiger partial charge >= 0.3 is 0 Å². The van der Waals surface area contributed by atoms with Gasteiger partial charge in [-0.2, -0.15) is 0 Å². The minimum atomic E-state index is -0.100. The van der Waals surface area contributed by atoms with Crippen molar-refractivity contribution in [3.8, 4) is 0 Å². The molecular weight excluding hydrogens is 346 g/mol. The van der Waals surface area contributed by atoms with E-state index < -0.39 is 0 Å². The predicted octanol–water partition coefficient (Wildman–Crippen LogP) is 5.77. The zero-order chi connectivity index (χ0) is 19.9. The molecule has 28 heavy (non-hydrogen) atoms. The Morgan fingerprint density at radius 3 is 2.46 bits per heavy atom.